The lowest BCUT2D eigenvalue weighted by Gasteiger charge is -2.33. The molecule has 4 aromatic rings. The van der Waals surface area contributed by atoms with Gasteiger partial charge in [-0.05, 0) is 56.5 Å². The molecule has 0 radical (unpaired) electrons. The van der Waals surface area contributed by atoms with Gasteiger partial charge in [0.25, 0.3) is 5.79 Å². The van der Waals surface area contributed by atoms with E-state index in [1.807, 2.05) is 19.1 Å². The molecular formula is C29H28Cl2N4O5S. The number of thiophene rings is 1. The highest BCUT2D eigenvalue weighted by Gasteiger charge is 2.43. The molecule has 0 spiro atoms. The number of piperidine rings is 1. The number of rotatable bonds is 7. The van der Waals surface area contributed by atoms with Crippen LogP contribution in [0.2, 0.25) is 10.0 Å². The van der Waals surface area contributed by atoms with Gasteiger partial charge in [0.1, 0.15) is 21.2 Å². The Balaban J connectivity index is 1.07. The molecular weight excluding hydrogens is 587 g/mol. The summed E-state index contributed by atoms with van der Waals surface area (Å²) in [5, 5.41) is 10.3. The van der Waals surface area contributed by atoms with Crippen LogP contribution >= 0.6 is 34.5 Å². The predicted molar refractivity (Wildman–Crippen MR) is 155 cm³/mol. The van der Waals surface area contributed by atoms with E-state index in [2.05, 4.69) is 20.5 Å². The van der Waals surface area contributed by atoms with Crippen molar-refractivity contribution >= 4 is 50.9 Å². The Kier molecular flexibility index (Phi) is 6.86. The van der Waals surface area contributed by atoms with E-state index in [1.165, 1.54) is 11.3 Å². The average molecular weight is 616 g/mol. The molecule has 7 rings (SSSR count). The summed E-state index contributed by atoms with van der Waals surface area (Å²) in [5.74, 6) is 0.629. The summed E-state index contributed by atoms with van der Waals surface area (Å²) < 4.78 is 20.5. The number of benzene rings is 1. The maximum Gasteiger partial charge on any atom is 0.346 e. The summed E-state index contributed by atoms with van der Waals surface area (Å²) in [5.41, 5.74) is 2.49. The maximum absolute atomic E-state index is 11.5. The van der Waals surface area contributed by atoms with E-state index in [-0.39, 0.29) is 6.10 Å². The van der Waals surface area contributed by atoms with Gasteiger partial charge in [0.15, 0.2) is 11.5 Å². The maximum atomic E-state index is 11.5. The number of hydrogen-bond donors (Lipinski definition) is 1. The summed E-state index contributed by atoms with van der Waals surface area (Å²) in [4.78, 5) is 24.3. The normalized spacial score (nSPS) is 22.8. The minimum atomic E-state index is -1.14. The van der Waals surface area contributed by atoms with E-state index in [4.69, 9.17) is 42.4 Å². The summed E-state index contributed by atoms with van der Waals surface area (Å²) in [7, 11) is 0. The molecule has 9 nitrogen and oxygen atoms in total. The van der Waals surface area contributed by atoms with E-state index in [0.717, 1.165) is 66.4 Å². The van der Waals surface area contributed by atoms with Crippen molar-refractivity contribution in [1.82, 2.24) is 19.4 Å². The molecule has 1 aromatic carbocycles. The molecule has 3 aliphatic heterocycles. The third-order valence-electron chi connectivity index (χ3n) is 8.16. The Bertz CT molecular complexity index is 1650. The number of carboxylic acids is 1. The first kappa shape index (κ1) is 27.0. The molecule has 1 N–H and O–H groups in total. The van der Waals surface area contributed by atoms with Crippen LogP contribution in [0.4, 0.5) is 0 Å². The van der Waals surface area contributed by atoms with E-state index in [0.29, 0.717) is 45.4 Å². The van der Waals surface area contributed by atoms with Crippen LogP contribution < -0.4 is 9.47 Å². The standard InChI is InChI=1S/C29H28Cl2N4O5S/c1-29(26-20(31)11-17(30)13-32-26)39-22-4-2-3-19(25(22)40-29)16-5-8-34(9-6-16)15-24-33-27-21(12-23(41-27)28(36)37)35(24)14-18-7-10-38-18/h2-4,11-13,16,18H,5-10,14-15H2,1H3,(H,36,37)/t18-,29-/m0/s1. The minimum absolute atomic E-state index is 0.149. The number of likely N-dealkylation sites (tertiary alicyclic amines) is 1. The molecule has 214 valence electrons. The zero-order valence-corrected chi connectivity index (χ0v) is 24.6. The van der Waals surface area contributed by atoms with Crippen LogP contribution in [0.25, 0.3) is 10.3 Å². The van der Waals surface area contributed by atoms with Crippen LogP contribution in [0.15, 0.2) is 36.5 Å². The van der Waals surface area contributed by atoms with Crippen molar-refractivity contribution in [2.45, 2.75) is 57.1 Å². The second-order valence-corrected chi connectivity index (χ2v) is 12.8. The van der Waals surface area contributed by atoms with Gasteiger partial charge in [-0.15, -0.1) is 11.3 Å². The molecule has 2 saturated heterocycles. The number of hydrogen-bond acceptors (Lipinski definition) is 8. The molecule has 3 aromatic heterocycles. The summed E-state index contributed by atoms with van der Waals surface area (Å²) in [6.07, 6.45) is 4.61. The molecule has 6 heterocycles. The molecule has 2 atom stereocenters. The van der Waals surface area contributed by atoms with Crippen molar-refractivity contribution in [3.05, 3.63) is 68.5 Å². The van der Waals surface area contributed by atoms with Crippen molar-refractivity contribution < 1.29 is 24.1 Å². The number of halogens is 2. The molecule has 0 unspecified atom stereocenters. The average Bonchev–Trinajstić information content (AvgIpc) is 3.57. The number of aromatic carboxylic acids is 1. The lowest BCUT2D eigenvalue weighted by atomic mass is 9.88. The van der Waals surface area contributed by atoms with E-state index in [1.54, 1.807) is 18.3 Å². The van der Waals surface area contributed by atoms with Crippen LogP contribution in [0.3, 0.4) is 0 Å². The van der Waals surface area contributed by atoms with Crippen LogP contribution in [0, 0.1) is 0 Å². The number of aromatic nitrogens is 3. The van der Waals surface area contributed by atoms with Gasteiger partial charge in [-0.2, -0.15) is 0 Å². The van der Waals surface area contributed by atoms with Crippen LogP contribution in [-0.2, 0) is 23.6 Å². The van der Waals surface area contributed by atoms with Gasteiger partial charge in [0, 0.05) is 25.3 Å². The Morgan fingerprint density at radius 1 is 1.20 bits per heavy atom. The van der Waals surface area contributed by atoms with E-state index < -0.39 is 11.8 Å². The first-order chi connectivity index (χ1) is 19.8. The first-order valence-electron chi connectivity index (χ1n) is 13.7. The minimum Gasteiger partial charge on any atom is -0.477 e. The lowest BCUT2D eigenvalue weighted by Crippen LogP contribution is -2.35. The zero-order valence-electron chi connectivity index (χ0n) is 22.3. The van der Waals surface area contributed by atoms with Gasteiger partial charge in [-0.25, -0.2) is 14.8 Å². The van der Waals surface area contributed by atoms with Gasteiger partial charge in [0.2, 0.25) is 0 Å². The SMILES string of the molecule is C[C@]1(c2ncc(Cl)cc2Cl)Oc2cccc(C3CCN(Cc4nc5sc(C(=O)O)cc5n4C[C@@H]4CCO4)CC3)c2O1. The van der Waals surface area contributed by atoms with Gasteiger partial charge < -0.3 is 23.9 Å². The zero-order chi connectivity index (χ0) is 28.3. The van der Waals surface area contributed by atoms with Crippen molar-refractivity contribution in [1.29, 1.82) is 0 Å². The summed E-state index contributed by atoms with van der Waals surface area (Å²) >= 11 is 13.7. The number of pyridine rings is 1. The number of imidazole rings is 1. The third kappa shape index (κ3) is 4.95. The number of para-hydroxylation sites is 1. The fourth-order valence-corrected chi connectivity index (χ4v) is 7.38. The van der Waals surface area contributed by atoms with Crippen molar-refractivity contribution in [3.63, 3.8) is 0 Å². The van der Waals surface area contributed by atoms with Crippen LogP contribution in [0.1, 0.15) is 58.9 Å². The Labute approximate surface area is 250 Å². The largest absolute Gasteiger partial charge is 0.477 e. The van der Waals surface area contributed by atoms with Crippen molar-refractivity contribution in [2.75, 3.05) is 19.7 Å². The smallest absolute Gasteiger partial charge is 0.346 e. The molecule has 3 aliphatic rings. The Hall–Kier alpha value is -2.89. The molecule has 0 aliphatic carbocycles. The Morgan fingerprint density at radius 3 is 2.71 bits per heavy atom. The van der Waals surface area contributed by atoms with Gasteiger partial charge in [-0.3, -0.25) is 4.90 Å². The van der Waals surface area contributed by atoms with Crippen molar-refractivity contribution in [3.8, 4) is 11.5 Å². The fourth-order valence-electron chi connectivity index (χ4n) is 5.94. The van der Waals surface area contributed by atoms with Crippen molar-refractivity contribution in [2.24, 2.45) is 0 Å². The predicted octanol–water partition coefficient (Wildman–Crippen LogP) is 6.31. The first-order valence-corrected chi connectivity index (χ1v) is 15.2. The third-order valence-corrected chi connectivity index (χ3v) is 9.66. The summed E-state index contributed by atoms with van der Waals surface area (Å²) in [6.45, 7) is 5.79. The topological polar surface area (TPSA) is 98.9 Å². The molecule has 0 bridgehead atoms. The highest BCUT2D eigenvalue weighted by atomic mass is 35.5. The Morgan fingerprint density at radius 2 is 2.00 bits per heavy atom. The molecule has 12 heteroatoms. The van der Waals surface area contributed by atoms with E-state index >= 15 is 0 Å². The van der Waals surface area contributed by atoms with Crippen LogP contribution in [-0.4, -0.2) is 56.3 Å². The van der Waals surface area contributed by atoms with Gasteiger partial charge in [0.05, 0.1) is 34.8 Å². The second-order valence-electron chi connectivity index (χ2n) is 10.9. The quantitative estimate of drug-likeness (QED) is 0.258. The lowest BCUT2D eigenvalue weighted by molar-refractivity contribution is -0.0721. The highest BCUT2D eigenvalue weighted by molar-refractivity contribution is 7.20. The number of carbonyl (C=O) groups is 1. The van der Waals surface area contributed by atoms with E-state index in [9.17, 15) is 9.90 Å². The highest BCUT2D eigenvalue weighted by Crippen LogP contribution is 2.50. The monoisotopic (exact) mass is 614 g/mol. The van der Waals surface area contributed by atoms with Gasteiger partial charge in [-0.1, -0.05) is 35.3 Å². The number of fused-ring (bicyclic) bond motifs is 2. The molecule has 0 saturated carbocycles. The number of ether oxygens (including phenoxy) is 3. The number of nitrogens with zero attached hydrogens (tertiary/aromatic N) is 4. The molecule has 2 fully saturated rings. The molecule has 41 heavy (non-hydrogen) atoms. The summed E-state index contributed by atoms with van der Waals surface area (Å²) in [6, 6.07) is 9.41. The fraction of sp³-hybridized carbons (Fsp3) is 0.414. The number of carboxylic acid groups (broad SMARTS) is 1. The van der Waals surface area contributed by atoms with Crippen LogP contribution in [0.5, 0.6) is 11.5 Å². The second kappa shape index (κ2) is 10.4. The van der Waals surface area contributed by atoms with Gasteiger partial charge >= 0.3 is 5.97 Å². The molecule has 0 amide bonds.